The van der Waals surface area contributed by atoms with E-state index in [9.17, 15) is 18.3 Å². The Bertz CT molecular complexity index is 996. The van der Waals surface area contributed by atoms with Crippen molar-refractivity contribution in [1.29, 1.82) is 0 Å². The third kappa shape index (κ3) is 3.89. The van der Waals surface area contributed by atoms with E-state index in [0.717, 1.165) is 11.3 Å². The van der Waals surface area contributed by atoms with Crippen molar-refractivity contribution in [2.45, 2.75) is 17.2 Å². The summed E-state index contributed by atoms with van der Waals surface area (Å²) < 4.78 is 32.1. The van der Waals surface area contributed by atoms with Crippen molar-refractivity contribution < 1.29 is 22.7 Å². The van der Waals surface area contributed by atoms with Gasteiger partial charge < -0.3 is 14.8 Å². The normalized spacial score (nSPS) is 12.5. The first-order chi connectivity index (χ1) is 12.4. The zero-order valence-corrected chi connectivity index (χ0v) is 15.3. The van der Waals surface area contributed by atoms with Crippen molar-refractivity contribution in [3.05, 3.63) is 65.4 Å². The van der Waals surface area contributed by atoms with Gasteiger partial charge in [-0.25, -0.2) is 8.42 Å². The van der Waals surface area contributed by atoms with Gasteiger partial charge in [-0.3, -0.25) is 9.52 Å². The maximum atomic E-state index is 12.3. The lowest BCUT2D eigenvalue weighted by Crippen LogP contribution is -2.26. The zero-order chi connectivity index (χ0) is 18.7. The largest absolute Gasteiger partial charge is 0.507 e. The number of sulfonamides is 1. The molecule has 1 atom stereocenters. The molecule has 0 radical (unpaired) electrons. The summed E-state index contributed by atoms with van der Waals surface area (Å²) in [5.41, 5.74) is 0.189. The van der Waals surface area contributed by atoms with E-state index >= 15 is 0 Å². The lowest BCUT2D eigenvalue weighted by atomic mass is 10.1. The summed E-state index contributed by atoms with van der Waals surface area (Å²) in [6, 6.07) is 10.1. The van der Waals surface area contributed by atoms with Crippen molar-refractivity contribution in [2.75, 3.05) is 4.72 Å². The molecule has 0 fully saturated rings. The number of phenolic OH excluding ortho intramolecular Hbond substituents is 1. The third-order valence-corrected chi connectivity index (χ3v) is 6.35. The van der Waals surface area contributed by atoms with Crippen LogP contribution in [0.15, 0.2) is 62.7 Å². The molecule has 1 unspecified atom stereocenters. The number of carbonyl (C=O) groups excluding carboxylic acids is 1. The van der Waals surface area contributed by atoms with Gasteiger partial charge in [-0.15, -0.1) is 11.3 Å². The molecule has 0 saturated carbocycles. The first-order valence-corrected chi connectivity index (χ1v) is 9.97. The summed E-state index contributed by atoms with van der Waals surface area (Å²) in [6.07, 6.45) is 1.50. The minimum atomic E-state index is -3.72. The number of benzene rings is 1. The smallest absolute Gasteiger partial charge is 0.271 e. The van der Waals surface area contributed by atoms with E-state index in [-0.39, 0.29) is 27.3 Å². The third-order valence-electron chi connectivity index (χ3n) is 3.57. The second-order valence-electron chi connectivity index (χ2n) is 5.48. The topological polar surface area (TPSA) is 109 Å². The molecule has 0 spiro atoms. The molecular formula is C17H16N2O5S2. The molecule has 0 aliphatic carbocycles. The standard InChI is InChI=1S/C17H16N2O5S2/c1-11(15-4-2-8-24-15)18-17(21)13-7-6-12(10-14(13)20)19-26(22,23)16-5-3-9-25-16/h2-11,19-20H,1H3,(H,18,21). The number of carbonyl (C=O) groups is 1. The van der Waals surface area contributed by atoms with Crippen molar-refractivity contribution in [3.63, 3.8) is 0 Å². The van der Waals surface area contributed by atoms with Gasteiger partial charge >= 0.3 is 0 Å². The van der Waals surface area contributed by atoms with E-state index in [4.69, 9.17) is 4.42 Å². The molecule has 2 heterocycles. The van der Waals surface area contributed by atoms with Crippen molar-refractivity contribution in [3.8, 4) is 5.75 Å². The summed E-state index contributed by atoms with van der Waals surface area (Å²) in [4.78, 5) is 12.3. The van der Waals surface area contributed by atoms with Gasteiger partial charge in [-0.05, 0) is 42.6 Å². The van der Waals surface area contributed by atoms with Crippen LogP contribution in [-0.2, 0) is 10.0 Å². The van der Waals surface area contributed by atoms with Gasteiger partial charge in [0.15, 0.2) is 0 Å². The quantitative estimate of drug-likeness (QED) is 0.596. The van der Waals surface area contributed by atoms with Crippen LogP contribution in [0.3, 0.4) is 0 Å². The minimum absolute atomic E-state index is 0.0301. The number of hydrogen-bond acceptors (Lipinski definition) is 6. The Morgan fingerprint density at radius 3 is 2.65 bits per heavy atom. The number of hydrogen-bond donors (Lipinski definition) is 3. The molecule has 0 aliphatic heterocycles. The molecule has 0 aliphatic rings. The lowest BCUT2D eigenvalue weighted by Gasteiger charge is -2.13. The number of amides is 1. The van der Waals surface area contributed by atoms with Crippen LogP contribution in [0.2, 0.25) is 0 Å². The molecule has 3 aromatic rings. The minimum Gasteiger partial charge on any atom is -0.507 e. The van der Waals surface area contributed by atoms with Gasteiger partial charge in [-0.1, -0.05) is 6.07 Å². The Hall–Kier alpha value is -2.78. The predicted molar refractivity (Wildman–Crippen MR) is 97.8 cm³/mol. The van der Waals surface area contributed by atoms with Crippen molar-refractivity contribution in [1.82, 2.24) is 5.32 Å². The van der Waals surface area contributed by atoms with Crippen molar-refractivity contribution in [2.24, 2.45) is 0 Å². The van der Waals surface area contributed by atoms with E-state index in [0.29, 0.717) is 5.76 Å². The fourth-order valence-corrected chi connectivity index (χ4v) is 4.33. The summed E-state index contributed by atoms with van der Waals surface area (Å²) in [5, 5.41) is 14.5. The van der Waals surface area contributed by atoms with Gasteiger partial charge in [0.1, 0.15) is 15.7 Å². The van der Waals surface area contributed by atoms with E-state index in [2.05, 4.69) is 10.0 Å². The number of anilines is 1. The van der Waals surface area contributed by atoms with Gasteiger partial charge in [0, 0.05) is 6.07 Å². The monoisotopic (exact) mass is 392 g/mol. The SMILES string of the molecule is CC(NC(=O)c1ccc(NS(=O)(=O)c2cccs2)cc1O)c1ccco1. The van der Waals surface area contributed by atoms with Gasteiger partial charge in [0.2, 0.25) is 0 Å². The highest BCUT2D eigenvalue weighted by atomic mass is 32.2. The van der Waals surface area contributed by atoms with Crippen molar-refractivity contribution >= 4 is 33.0 Å². The van der Waals surface area contributed by atoms with Crippen LogP contribution >= 0.6 is 11.3 Å². The Labute approximate surface area is 154 Å². The van der Waals surface area contributed by atoms with Crippen LogP contribution in [0, 0.1) is 0 Å². The average Bonchev–Trinajstić information content (AvgIpc) is 3.28. The van der Waals surface area contributed by atoms with Crippen LogP contribution < -0.4 is 10.0 Å². The van der Waals surface area contributed by atoms with E-state index < -0.39 is 15.9 Å². The second-order valence-corrected chi connectivity index (χ2v) is 8.34. The van der Waals surface area contributed by atoms with Crippen LogP contribution in [0.5, 0.6) is 5.75 Å². The highest BCUT2D eigenvalue weighted by molar-refractivity contribution is 7.94. The van der Waals surface area contributed by atoms with Crippen LogP contribution in [0.1, 0.15) is 29.1 Å². The Morgan fingerprint density at radius 1 is 1.23 bits per heavy atom. The van der Waals surface area contributed by atoms with Crippen LogP contribution in [0.25, 0.3) is 0 Å². The Morgan fingerprint density at radius 2 is 2.04 bits per heavy atom. The molecule has 7 nitrogen and oxygen atoms in total. The van der Waals surface area contributed by atoms with Gasteiger partial charge in [0.25, 0.3) is 15.9 Å². The van der Waals surface area contributed by atoms with E-state index in [1.165, 1.54) is 30.5 Å². The maximum absolute atomic E-state index is 12.3. The summed E-state index contributed by atoms with van der Waals surface area (Å²) in [7, 11) is -3.72. The molecule has 26 heavy (non-hydrogen) atoms. The Balaban J connectivity index is 1.74. The van der Waals surface area contributed by atoms with E-state index in [1.54, 1.807) is 30.5 Å². The lowest BCUT2D eigenvalue weighted by molar-refractivity contribution is 0.0932. The zero-order valence-electron chi connectivity index (χ0n) is 13.7. The molecule has 3 N–H and O–H groups in total. The molecule has 2 aromatic heterocycles. The first-order valence-electron chi connectivity index (χ1n) is 7.60. The molecule has 0 bridgehead atoms. The predicted octanol–water partition coefficient (Wildman–Crippen LogP) is 3.34. The number of nitrogens with one attached hydrogen (secondary N) is 2. The molecule has 9 heteroatoms. The Kier molecular flexibility index (Phi) is 5.01. The number of thiophene rings is 1. The first kappa shape index (κ1) is 18.0. The number of phenols is 1. The average molecular weight is 392 g/mol. The highest BCUT2D eigenvalue weighted by Crippen LogP contribution is 2.26. The number of aromatic hydroxyl groups is 1. The molecule has 0 saturated heterocycles. The van der Waals surface area contributed by atoms with Crippen LogP contribution in [0.4, 0.5) is 5.69 Å². The number of furan rings is 1. The number of rotatable bonds is 6. The fraction of sp³-hybridized carbons (Fsp3) is 0.118. The summed E-state index contributed by atoms with van der Waals surface area (Å²) >= 11 is 1.08. The van der Waals surface area contributed by atoms with Crippen LogP contribution in [-0.4, -0.2) is 19.4 Å². The maximum Gasteiger partial charge on any atom is 0.271 e. The molecule has 1 amide bonds. The summed E-state index contributed by atoms with van der Waals surface area (Å²) in [5.74, 6) is -0.252. The molecular weight excluding hydrogens is 376 g/mol. The molecule has 3 rings (SSSR count). The second kappa shape index (κ2) is 7.22. The van der Waals surface area contributed by atoms with E-state index in [1.807, 2.05) is 0 Å². The van der Waals surface area contributed by atoms with Gasteiger partial charge in [0.05, 0.1) is 23.6 Å². The highest BCUT2D eigenvalue weighted by Gasteiger charge is 2.19. The summed E-state index contributed by atoms with van der Waals surface area (Å²) in [6.45, 7) is 1.75. The molecule has 1 aromatic carbocycles. The molecule has 136 valence electrons. The fourth-order valence-electron chi connectivity index (χ4n) is 2.29. The van der Waals surface area contributed by atoms with Gasteiger partial charge in [-0.2, -0.15) is 0 Å².